The van der Waals surface area contributed by atoms with Crippen LogP contribution in [0.15, 0.2) is 23.3 Å². The van der Waals surface area contributed by atoms with Crippen LogP contribution >= 0.6 is 12.2 Å². The molecule has 0 aromatic rings. The monoisotopic (exact) mass is 208 g/mol. The van der Waals surface area contributed by atoms with Gasteiger partial charge in [-0.3, -0.25) is 4.79 Å². The molecule has 1 aliphatic carbocycles. The van der Waals surface area contributed by atoms with Gasteiger partial charge in [0.25, 0.3) is 0 Å². The van der Waals surface area contributed by atoms with Crippen molar-refractivity contribution in [2.75, 3.05) is 0 Å². The van der Waals surface area contributed by atoms with Crippen LogP contribution in [0.3, 0.4) is 0 Å². The third-order valence-corrected chi connectivity index (χ3v) is 2.56. The zero-order valence-corrected chi connectivity index (χ0v) is 9.99. The van der Waals surface area contributed by atoms with Crippen molar-refractivity contribution in [3.63, 3.8) is 0 Å². The summed E-state index contributed by atoms with van der Waals surface area (Å²) < 4.78 is 0. The number of allylic oxidation sites excluding steroid dienone is 4. The molecule has 76 valence electrons. The van der Waals surface area contributed by atoms with Crippen LogP contribution in [0.4, 0.5) is 0 Å². The Morgan fingerprint density at radius 3 is 2.36 bits per heavy atom. The van der Waals surface area contributed by atoms with Crippen LogP contribution in [0.5, 0.6) is 0 Å². The maximum Gasteiger partial charge on any atom is 0.169 e. The summed E-state index contributed by atoms with van der Waals surface area (Å²) in [4.78, 5) is 12.7. The Hall–Kier alpha value is -0.760. The Balaban J connectivity index is 3.00. The second kappa shape index (κ2) is 3.77. The Labute approximate surface area is 90.9 Å². The summed E-state index contributed by atoms with van der Waals surface area (Å²) in [7, 11) is 0. The second-order valence-corrected chi connectivity index (χ2v) is 5.27. The van der Waals surface area contributed by atoms with Crippen LogP contribution in [-0.4, -0.2) is 10.6 Å². The smallest absolute Gasteiger partial charge is 0.169 e. The van der Waals surface area contributed by atoms with Gasteiger partial charge in [-0.15, -0.1) is 0 Å². The van der Waals surface area contributed by atoms with Crippen molar-refractivity contribution in [3.8, 4) is 0 Å². The summed E-state index contributed by atoms with van der Waals surface area (Å²) in [6, 6.07) is 0. The first kappa shape index (κ1) is 11.3. The van der Waals surface area contributed by atoms with E-state index < -0.39 is 0 Å². The van der Waals surface area contributed by atoms with Gasteiger partial charge in [0.05, 0.1) is 0 Å². The summed E-state index contributed by atoms with van der Waals surface area (Å²) >= 11 is 5.22. The predicted molar refractivity (Wildman–Crippen MR) is 63.5 cm³/mol. The molecule has 0 atom stereocenters. The number of thiocarbonyl (C=S) groups is 1. The van der Waals surface area contributed by atoms with Gasteiger partial charge in [-0.25, -0.2) is 0 Å². The second-order valence-electron chi connectivity index (χ2n) is 4.77. The lowest BCUT2D eigenvalue weighted by Gasteiger charge is -2.21. The molecule has 0 saturated heterocycles. The maximum absolute atomic E-state index is 12.0. The Kier molecular flexibility index (Phi) is 3.05. The molecule has 14 heavy (non-hydrogen) atoms. The highest BCUT2D eigenvalue weighted by molar-refractivity contribution is 7.81. The zero-order chi connectivity index (χ0) is 10.9. The van der Waals surface area contributed by atoms with Gasteiger partial charge < -0.3 is 0 Å². The normalized spacial score (nSPS) is 17.6. The van der Waals surface area contributed by atoms with Crippen molar-refractivity contribution < 1.29 is 4.79 Å². The number of carbonyl (C=O) groups excluding carboxylic acids is 1. The number of hydrogen-bond donors (Lipinski definition) is 0. The number of hydrogen-bond acceptors (Lipinski definition) is 2. The highest BCUT2D eigenvalue weighted by atomic mass is 32.1. The molecule has 0 spiro atoms. The molecular weight excluding hydrogens is 192 g/mol. The van der Waals surface area contributed by atoms with E-state index in [1.165, 1.54) is 5.57 Å². The molecule has 1 rings (SSSR count). The molecule has 0 aromatic carbocycles. The van der Waals surface area contributed by atoms with E-state index in [-0.39, 0.29) is 11.2 Å². The van der Waals surface area contributed by atoms with Crippen LogP contribution in [0.25, 0.3) is 0 Å². The van der Waals surface area contributed by atoms with Crippen LogP contribution in [0.1, 0.15) is 34.1 Å². The first-order valence-corrected chi connectivity index (χ1v) is 5.18. The van der Waals surface area contributed by atoms with E-state index >= 15 is 0 Å². The highest BCUT2D eigenvalue weighted by Gasteiger charge is 2.27. The molecule has 0 aliphatic heterocycles. The summed E-state index contributed by atoms with van der Waals surface area (Å²) in [6.45, 7) is 7.79. The largest absolute Gasteiger partial charge is 0.294 e. The minimum absolute atomic E-state index is 0.145. The van der Waals surface area contributed by atoms with E-state index in [1.54, 1.807) is 0 Å². The van der Waals surface area contributed by atoms with Gasteiger partial charge in [0.15, 0.2) is 5.78 Å². The lowest BCUT2D eigenvalue weighted by atomic mass is 9.82. The molecule has 0 aromatic heterocycles. The third kappa shape index (κ3) is 2.38. The van der Waals surface area contributed by atoms with E-state index in [9.17, 15) is 4.79 Å². The minimum Gasteiger partial charge on any atom is -0.294 e. The van der Waals surface area contributed by atoms with Gasteiger partial charge in [-0.1, -0.05) is 50.7 Å². The van der Waals surface area contributed by atoms with E-state index in [0.717, 1.165) is 16.9 Å². The predicted octanol–water partition coefficient (Wildman–Crippen LogP) is 3.25. The molecule has 1 nitrogen and oxygen atoms in total. The topological polar surface area (TPSA) is 17.1 Å². The SMILES string of the molecule is CC1=CC=C(C(=O)C(C)(C)C)C(=S)C1. The van der Waals surface area contributed by atoms with Crippen LogP contribution < -0.4 is 0 Å². The summed E-state index contributed by atoms with van der Waals surface area (Å²) in [5.41, 5.74) is 1.60. The van der Waals surface area contributed by atoms with Crippen molar-refractivity contribution in [1.82, 2.24) is 0 Å². The van der Waals surface area contributed by atoms with Gasteiger partial charge in [-0.2, -0.15) is 0 Å². The summed E-state index contributed by atoms with van der Waals surface area (Å²) in [5.74, 6) is 0.145. The van der Waals surface area contributed by atoms with Crippen LogP contribution in [0.2, 0.25) is 0 Å². The van der Waals surface area contributed by atoms with Crippen LogP contribution in [0, 0.1) is 5.41 Å². The molecule has 0 radical (unpaired) electrons. The zero-order valence-electron chi connectivity index (χ0n) is 9.18. The number of rotatable bonds is 1. The molecule has 2 heteroatoms. The standard InChI is InChI=1S/C12H16OS/c1-8-5-6-9(10(14)7-8)11(13)12(2,3)4/h5-6H,7H2,1-4H3. The maximum atomic E-state index is 12.0. The fourth-order valence-electron chi connectivity index (χ4n) is 1.33. The molecule has 0 N–H and O–H groups in total. The van der Waals surface area contributed by atoms with E-state index in [2.05, 4.69) is 0 Å². The number of carbonyl (C=O) groups is 1. The van der Waals surface area contributed by atoms with Crippen molar-refractivity contribution >= 4 is 22.9 Å². The van der Waals surface area contributed by atoms with E-state index in [1.807, 2.05) is 39.8 Å². The van der Waals surface area contributed by atoms with Crippen molar-refractivity contribution in [2.24, 2.45) is 5.41 Å². The summed E-state index contributed by atoms with van der Waals surface area (Å²) in [6.07, 6.45) is 4.59. The average molecular weight is 208 g/mol. The summed E-state index contributed by atoms with van der Waals surface area (Å²) in [5, 5.41) is 0. The Morgan fingerprint density at radius 2 is 1.93 bits per heavy atom. The van der Waals surface area contributed by atoms with Gasteiger partial charge in [0.1, 0.15) is 0 Å². The average Bonchev–Trinajstić information content (AvgIpc) is 2.01. The first-order valence-electron chi connectivity index (χ1n) is 4.78. The molecule has 0 bridgehead atoms. The van der Waals surface area contributed by atoms with Gasteiger partial charge >= 0.3 is 0 Å². The number of ketones is 1. The third-order valence-electron chi connectivity index (χ3n) is 2.20. The van der Waals surface area contributed by atoms with Gasteiger partial charge in [-0.05, 0) is 6.92 Å². The van der Waals surface area contributed by atoms with Crippen molar-refractivity contribution in [2.45, 2.75) is 34.1 Å². The quantitative estimate of drug-likeness (QED) is 0.615. The molecule has 0 saturated carbocycles. The molecule has 0 heterocycles. The lowest BCUT2D eigenvalue weighted by Crippen LogP contribution is -2.26. The van der Waals surface area contributed by atoms with Crippen molar-refractivity contribution in [1.29, 1.82) is 0 Å². The molecular formula is C12H16OS. The van der Waals surface area contributed by atoms with E-state index in [4.69, 9.17) is 12.2 Å². The van der Waals surface area contributed by atoms with Crippen molar-refractivity contribution in [3.05, 3.63) is 23.3 Å². The fourth-order valence-corrected chi connectivity index (χ4v) is 1.72. The van der Waals surface area contributed by atoms with Gasteiger partial charge in [0.2, 0.25) is 0 Å². The molecule has 0 amide bonds. The fraction of sp³-hybridized carbons (Fsp3) is 0.500. The minimum atomic E-state index is -0.338. The lowest BCUT2D eigenvalue weighted by molar-refractivity contribution is -0.121. The number of Topliss-reactive ketones (excluding diaryl/α,β-unsaturated/α-hetero) is 1. The molecule has 0 unspecified atom stereocenters. The van der Waals surface area contributed by atoms with Crippen LogP contribution in [-0.2, 0) is 4.79 Å². The first-order chi connectivity index (χ1) is 6.32. The highest BCUT2D eigenvalue weighted by Crippen LogP contribution is 2.25. The van der Waals surface area contributed by atoms with E-state index in [0.29, 0.717) is 0 Å². The Bertz CT molecular complexity index is 340. The van der Waals surface area contributed by atoms with Gasteiger partial charge in [0, 0.05) is 22.3 Å². The Morgan fingerprint density at radius 1 is 1.36 bits per heavy atom. The molecule has 1 aliphatic rings. The molecule has 0 fully saturated rings.